The minimum Gasteiger partial charge on any atom is -0.490 e. The van der Waals surface area contributed by atoms with E-state index in [0.717, 1.165) is 32.5 Å². The molecule has 6 heteroatoms. The van der Waals surface area contributed by atoms with Crippen LogP contribution >= 0.6 is 0 Å². The zero-order valence-electron chi connectivity index (χ0n) is 11.9. The molecule has 1 aromatic carbocycles. The number of nitro groups is 1. The molecule has 6 nitrogen and oxygen atoms in total. The highest BCUT2D eigenvalue weighted by atomic mass is 16.6. The molecule has 0 radical (unpaired) electrons. The van der Waals surface area contributed by atoms with E-state index in [9.17, 15) is 10.1 Å². The molecule has 0 bridgehead atoms. The third-order valence-corrected chi connectivity index (χ3v) is 3.92. The van der Waals surface area contributed by atoms with E-state index in [1.807, 2.05) is 0 Å². The van der Waals surface area contributed by atoms with Crippen molar-refractivity contribution in [2.45, 2.75) is 19.8 Å². The summed E-state index contributed by atoms with van der Waals surface area (Å²) in [6.07, 6.45) is 2.13. The van der Waals surface area contributed by atoms with Crippen molar-refractivity contribution in [2.24, 2.45) is 5.41 Å². The molecule has 0 aromatic heterocycles. The van der Waals surface area contributed by atoms with Crippen LogP contribution in [0, 0.1) is 15.5 Å². The zero-order valence-corrected chi connectivity index (χ0v) is 11.9. The zero-order chi connectivity index (χ0) is 14.6. The quantitative estimate of drug-likeness (QED) is 0.639. The highest BCUT2D eigenvalue weighted by molar-refractivity contribution is 5.68. The standard InChI is InChI=1S/C14H21N3O3/c1-14(6-8-15-9-7-14)10-16-11-4-3-5-12(20-2)13(11)17(18)19/h3-5,15-16H,6-10H2,1-2H3. The number of para-hydroxylation sites is 1. The Hall–Kier alpha value is -1.82. The average Bonchev–Trinajstić information content (AvgIpc) is 2.45. The fourth-order valence-corrected chi connectivity index (χ4v) is 2.53. The third kappa shape index (κ3) is 3.19. The van der Waals surface area contributed by atoms with Gasteiger partial charge in [-0.15, -0.1) is 0 Å². The number of ether oxygens (including phenoxy) is 1. The number of hydrogen-bond donors (Lipinski definition) is 2. The molecule has 1 aromatic rings. The van der Waals surface area contributed by atoms with Gasteiger partial charge in [0, 0.05) is 6.54 Å². The normalized spacial score (nSPS) is 17.5. The van der Waals surface area contributed by atoms with Gasteiger partial charge >= 0.3 is 5.69 Å². The van der Waals surface area contributed by atoms with Gasteiger partial charge in [-0.3, -0.25) is 10.1 Å². The molecule has 0 unspecified atom stereocenters. The topological polar surface area (TPSA) is 76.4 Å². The summed E-state index contributed by atoms with van der Waals surface area (Å²) in [6, 6.07) is 5.10. The highest BCUT2D eigenvalue weighted by Crippen LogP contribution is 2.36. The maximum atomic E-state index is 11.2. The van der Waals surface area contributed by atoms with Crippen LogP contribution in [0.25, 0.3) is 0 Å². The molecular formula is C14H21N3O3. The highest BCUT2D eigenvalue weighted by Gasteiger charge is 2.28. The van der Waals surface area contributed by atoms with Crippen LogP contribution in [0.3, 0.4) is 0 Å². The lowest BCUT2D eigenvalue weighted by Gasteiger charge is -2.34. The van der Waals surface area contributed by atoms with Crippen LogP contribution in [-0.2, 0) is 0 Å². The molecule has 0 amide bonds. The van der Waals surface area contributed by atoms with E-state index >= 15 is 0 Å². The first-order chi connectivity index (χ1) is 9.56. The van der Waals surface area contributed by atoms with Gasteiger partial charge in [-0.05, 0) is 43.5 Å². The number of anilines is 1. The van der Waals surface area contributed by atoms with Gasteiger partial charge in [0.05, 0.1) is 12.0 Å². The summed E-state index contributed by atoms with van der Waals surface area (Å²) in [5.74, 6) is 0.287. The van der Waals surface area contributed by atoms with Crippen LogP contribution in [0.1, 0.15) is 19.8 Å². The maximum Gasteiger partial charge on any atom is 0.333 e. The number of benzene rings is 1. The predicted molar refractivity (Wildman–Crippen MR) is 78.3 cm³/mol. The van der Waals surface area contributed by atoms with E-state index in [4.69, 9.17) is 4.74 Å². The van der Waals surface area contributed by atoms with Gasteiger partial charge in [-0.2, -0.15) is 0 Å². The van der Waals surface area contributed by atoms with Crippen molar-refractivity contribution in [1.29, 1.82) is 0 Å². The smallest absolute Gasteiger partial charge is 0.333 e. The van der Waals surface area contributed by atoms with Gasteiger partial charge in [0.2, 0.25) is 0 Å². The third-order valence-electron chi connectivity index (χ3n) is 3.92. The van der Waals surface area contributed by atoms with Crippen molar-refractivity contribution in [1.82, 2.24) is 5.32 Å². The van der Waals surface area contributed by atoms with Crippen molar-refractivity contribution in [2.75, 3.05) is 32.1 Å². The van der Waals surface area contributed by atoms with E-state index in [-0.39, 0.29) is 16.9 Å². The summed E-state index contributed by atoms with van der Waals surface area (Å²) in [5, 5.41) is 17.8. The second-order valence-corrected chi connectivity index (χ2v) is 5.53. The number of nitrogens with one attached hydrogen (secondary N) is 2. The fourth-order valence-electron chi connectivity index (χ4n) is 2.53. The molecule has 0 atom stereocenters. The molecule has 0 aliphatic carbocycles. The first-order valence-electron chi connectivity index (χ1n) is 6.82. The lowest BCUT2D eigenvalue weighted by Crippen LogP contribution is -2.39. The summed E-state index contributed by atoms with van der Waals surface area (Å²) in [5.41, 5.74) is 0.698. The fraction of sp³-hybridized carbons (Fsp3) is 0.571. The van der Waals surface area contributed by atoms with Crippen molar-refractivity contribution < 1.29 is 9.66 Å². The van der Waals surface area contributed by atoms with Crippen LogP contribution in [0.2, 0.25) is 0 Å². The Morgan fingerprint density at radius 3 is 2.75 bits per heavy atom. The van der Waals surface area contributed by atoms with Gasteiger partial charge in [0.1, 0.15) is 5.69 Å². The first kappa shape index (κ1) is 14.6. The number of nitrogens with zero attached hydrogens (tertiary/aromatic N) is 1. The molecule has 2 N–H and O–H groups in total. The Bertz CT molecular complexity index is 485. The monoisotopic (exact) mass is 279 g/mol. The number of nitro benzene ring substituents is 1. The Balaban J connectivity index is 2.14. The van der Waals surface area contributed by atoms with E-state index in [1.54, 1.807) is 18.2 Å². The Morgan fingerprint density at radius 2 is 2.15 bits per heavy atom. The second-order valence-electron chi connectivity index (χ2n) is 5.53. The number of hydrogen-bond acceptors (Lipinski definition) is 5. The lowest BCUT2D eigenvalue weighted by molar-refractivity contribution is -0.384. The van der Waals surface area contributed by atoms with Crippen LogP contribution < -0.4 is 15.4 Å². The van der Waals surface area contributed by atoms with Crippen molar-refractivity contribution >= 4 is 11.4 Å². The van der Waals surface area contributed by atoms with E-state index in [1.165, 1.54) is 7.11 Å². The number of rotatable bonds is 5. The van der Waals surface area contributed by atoms with Crippen LogP contribution in [-0.4, -0.2) is 31.7 Å². The average molecular weight is 279 g/mol. The molecular weight excluding hydrogens is 258 g/mol. The molecule has 1 saturated heterocycles. The van der Waals surface area contributed by atoms with Crippen molar-refractivity contribution in [3.8, 4) is 5.75 Å². The SMILES string of the molecule is COc1cccc(NCC2(C)CCNCC2)c1[N+](=O)[O-]. The van der Waals surface area contributed by atoms with Gasteiger partial charge in [-0.25, -0.2) is 0 Å². The number of piperidine rings is 1. The molecule has 1 aliphatic heterocycles. The van der Waals surface area contributed by atoms with Gasteiger partial charge in [0.25, 0.3) is 0 Å². The van der Waals surface area contributed by atoms with Gasteiger partial charge in [-0.1, -0.05) is 13.0 Å². The molecule has 1 fully saturated rings. The lowest BCUT2D eigenvalue weighted by atomic mass is 9.81. The molecule has 0 spiro atoms. The predicted octanol–water partition coefficient (Wildman–Crippen LogP) is 2.41. The molecule has 2 rings (SSSR count). The van der Waals surface area contributed by atoms with Crippen molar-refractivity contribution in [3.63, 3.8) is 0 Å². The molecule has 1 aliphatic rings. The van der Waals surface area contributed by atoms with Crippen molar-refractivity contribution in [3.05, 3.63) is 28.3 Å². The Kier molecular flexibility index (Phi) is 4.44. The Labute approximate surface area is 118 Å². The van der Waals surface area contributed by atoms with Crippen LogP contribution in [0.5, 0.6) is 5.75 Å². The van der Waals surface area contributed by atoms with Crippen LogP contribution in [0.15, 0.2) is 18.2 Å². The molecule has 1 heterocycles. The molecule has 20 heavy (non-hydrogen) atoms. The summed E-state index contributed by atoms with van der Waals surface area (Å²) < 4.78 is 5.07. The second kappa shape index (κ2) is 6.09. The van der Waals surface area contributed by atoms with Crippen LogP contribution in [0.4, 0.5) is 11.4 Å². The summed E-state index contributed by atoms with van der Waals surface area (Å²) >= 11 is 0. The Morgan fingerprint density at radius 1 is 1.45 bits per heavy atom. The minimum absolute atomic E-state index is 0.00698. The number of methoxy groups -OCH3 is 1. The first-order valence-corrected chi connectivity index (χ1v) is 6.82. The summed E-state index contributed by atoms with van der Waals surface area (Å²) in [4.78, 5) is 10.8. The largest absolute Gasteiger partial charge is 0.490 e. The maximum absolute atomic E-state index is 11.2. The van der Waals surface area contributed by atoms with E-state index < -0.39 is 4.92 Å². The minimum atomic E-state index is -0.397. The molecule has 110 valence electrons. The summed E-state index contributed by atoms with van der Waals surface area (Å²) in [6.45, 7) is 4.94. The van der Waals surface area contributed by atoms with E-state index in [2.05, 4.69) is 17.6 Å². The van der Waals surface area contributed by atoms with Gasteiger partial charge in [0.15, 0.2) is 5.75 Å². The van der Waals surface area contributed by atoms with E-state index in [0.29, 0.717) is 5.69 Å². The van der Waals surface area contributed by atoms with Gasteiger partial charge < -0.3 is 15.4 Å². The molecule has 0 saturated carbocycles. The summed E-state index contributed by atoms with van der Waals surface area (Å²) in [7, 11) is 1.44.